The fourth-order valence-electron chi connectivity index (χ4n) is 1.51. The van der Waals surface area contributed by atoms with Gasteiger partial charge in [-0.25, -0.2) is 9.97 Å². The van der Waals surface area contributed by atoms with Crippen molar-refractivity contribution in [1.29, 1.82) is 0 Å². The molecule has 0 bridgehead atoms. The number of hydrogen-bond acceptors (Lipinski definition) is 3. The fraction of sp³-hybridized carbons (Fsp3) is 0.636. The molecule has 1 aliphatic carbocycles. The summed E-state index contributed by atoms with van der Waals surface area (Å²) in [6, 6.07) is 2.14. The smallest absolute Gasteiger partial charge is 0.142 e. The monoisotopic (exact) mass is 191 g/mol. The third-order valence-corrected chi connectivity index (χ3v) is 2.58. The highest BCUT2D eigenvalue weighted by Crippen LogP contribution is 2.39. The molecule has 1 aromatic heterocycles. The largest absolute Gasteiger partial charge is 0.324 e. The van der Waals surface area contributed by atoms with Gasteiger partial charge in [0.2, 0.25) is 0 Å². The number of rotatable bonds is 3. The van der Waals surface area contributed by atoms with E-state index in [1.54, 1.807) is 0 Å². The summed E-state index contributed by atoms with van der Waals surface area (Å²) < 4.78 is 0. The molecule has 1 fully saturated rings. The maximum Gasteiger partial charge on any atom is 0.142 e. The van der Waals surface area contributed by atoms with Crippen LogP contribution < -0.4 is 5.73 Å². The summed E-state index contributed by atoms with van der Waals surface area (Å²) in [5.74, 6) is 1.93. The van der Waals surface area contributed by atoms with Gasteiger partial charge in [0.15, 0.2) is 0 Å². The van der Waals surface area contributed by atoms with Crippen LogP contribution in [0.15, 0.2) is 6.07 Å². The summed E-state index contributed by atoms with van der Waals surface area (Å²) in [4.78, 5) is 8.89. The van der Waals surface area contributed by atoms with Crippen LogP contribution in [0.3, 0.4) is 0 Å². The molecule has 3 heteroatoms. The Morgan fingerprint density at radius 1 is 1.43 bits per heavy atom. The van der Waals surface area contributed by atoms with E-state index in [2.05, 4.69) is 29.9 Å². The first kappa shape index (κ1) is 9.59. The van der Waals surface area contributed by atoms with Gasteiger partial charge in [0.1, 0.15) is 5.82 Å². The lowest BCUT2D eigenvalue weighted by atomic mass is 10.1. The van der Waals surface area contributed by atoms with Crippen molar-refractivity contribution in [2.45, 2.75) is 45.1 Å². The van der Waals surface area contributed by atoms with Crippen LogP contribution in [0, 0.1) is 0 Å². The van der Waals surface area contributed by atoms with Crippen LogP contribution in [0.1, 0.15) is 55.7 Å². The van der Waals surface area contributed by atoms with Gasteiger partial charge in [0, 0.05) is 17.3 Å². The average molecular weight is 191 g/mol. The molecule has 0 aliphatic heterocycles. The summed E-state index contributed by atoms with van der Waals surface area (Å²) in [6.45, 7) is 4.75. The maximum absolute atomic E-state index is 5.58. The second kappa shape index (κ2) is 3.65. The molecular weight excluding hydrogens is 174 g/mol. The molecule has 2 rings (SSSR count). The summed E-state index contributed by atoms with van der Waals surface area (Å²) >= 11 is 0. The van der Waals surface area contributed by atoms with Crippen molar-refractivity contribution in [2.24, 2.45) is 5.73 Å². The summed E-state index contributed by atoms with van der Waals surface area (Å²) in [6.07, 6.45) is 2.55. The van der Waals surface area contributed by atoms with Crippen molar-refractivity contribution in [1.82, 2.24) is 9.97 Å². The maximum atomic E-state index is 5.58. The number of nitrogens with zero attached hydrogens (tertiary/aromatic N) is 2. The van der Waals surface area contributed by atoms with Crippen LogP contribution in [0.25, 0.3) is 0 Å². The number of nitrogens with two attached hydrogens (primary N) is 1. The highest BCUT2D eigenvalue weighted by Gasteiger charge is 2.26. The molecule has 3 nitrogen and oxygen atoms in total. The van der Waals surface area contributed by atoms with Crippen LogP contribution in [-0.2, 0) is 6.54 Å². The Morgan fingerprint density at radius 3 is 2.64 bits per heavy atom. The van der Waals surface area contributed by atoms with Gasteiger partial charge in [-0.3, -0.25) is 0 Å². The Balaban J connectivity index is 2.35. The molecule has 0 radical (unpaired) electrons. The minimum absolute atomic E-state index is 0.445. The van der Waals surface area contributed by atoms with Crippen molar-refractivity contribution in [3.8, 4) is 0 Å². The quantitative estimate of drug-likeness (QED) is 0.794. The SMILES string of the molecule is CC(C)c1cc(C2CC2)nc(CN)n1. The van der Waals surface area contributed by atoms with E-state index in [-0.39, 0.29) is 0 Å². The van der Waals surface area contributed by atoms with E-state index < -0.39 is 0 Å². The van der Waals surface area contributed by atoms with E-state index in [9.17, 15) is 0 Å². The summed E-state index contributed by atoms with van der Waals surface area (Å²) in [5.41, 5.74) is 7.91. The molecule has 0 spiro atoms. The first-order valence-corrected chi connectivity index (χ1v) is 5.28. The zero-order valence-electron chi connectivity index (χ0n) is 8.83. The number of hydrogen-bond donors (Lipinski definition) is 1. The second-order valence-electron chi connectivity index (χ2n) is 4.27. The van der Waals surface area contributed by atoms with Crippen LogP contribution in [0.5, 0.6) is 0 Å². The Labute approximate surface area is 84.8 Å². The van der Waals surface area contributed by atoms with E-state index >= 15 is 0 Å². The molecule has 76 valence electrons. The van der Waals surface area contributed by atoms with Gasteiger partial charge in [-0.15, -0.1) is 0 Å². The highest BCUT2D eigenvalue weighted by atomic mass is 14.9. The second-order valence-corrected chi connectivity index (χ2v) is 4.27. The zero-order valence-corrected chi connectivity index (χ0v) is 8.83. The van der Waals surface area contributed by atoms with Crippen LogP contribution in [0.4, 0.5) is 0 Å². The van der Waals surface area contributed by atoms with Crippen molar-refractivity contribution in [3.05, 3.63) is 23.3 Å². The first-order chi connectivity index (χ1) is 6.70. The predicted octanol–water partition coefficient (Wildman–Crippen LogP) is 1.94. The average Bonchev–Trinajstić information content (AvgIpc) is 3.00. The van der Waals surface area contributed by atoms with Crippen molar-refractivity contribution < 1.29 is 0 Å². The minimum atomic E-state index is 0.445. The standard InChI is InChI=1S/C11H17N3/c1-7(2)9-5-10(8-3-4-8)14-11(6-12)13-9/h5,7-8H,3-4,6,12H2,1-2H3. The zero-order chi connectivity index (χ0) is 10.1. The van der Waals surface area contributed by atoms with Gasteiger partial charge in [-0.1, -0.05) is 13.8 Å². The molecule has 0 aromatic carbocycles. The number of aromatic nitrogens is 2. The van der Waals surface area contributed by atoms with Crippen LogP contribution in [-0.4, -0.2) is 9.97 Å². The minimum Gasteiger partial charge on any atom is -0.324 e. The van der Waals surface area contributed by atoms with Crippen LogP contribution >= 0.6 is 0 Å². The van der Waals surface area contributed by atoms with E-state index in [1.807, 2.05) is 0 Å². The molecule has 2 N–H and O–H groups in total. The molecule has 14 heavy (non-hydrogen) atoms. The molecule has 1 saturated carbocycles. The lowest BCUT2D eigenvalue weighted by molar-refractivity contribution is 0.763. The van der Waals surface area contributed by atoms with E-state index in [0.717, 1.165) is 11.5 Å². The first-order valence-electron chi connectivity index (χ1n) is 5.28. The topological polar surface area (TPSA) is 51.8 Å². The van der Waals surface area contributed by atoms with Gasteiger partial charge >= 0.3 is 0 Å². The molecule has 0 unspecified atom stereocenters. The van der Waals surface area contributed by atoms with Gasteiger partial charge in [0.25, 0.3) is 0 Å². The van der Waals surface area contributed by atoms with Gasteiger partial charge in [0.05, 0.1) is 6.54 Å². The summed E-state index contributed by atoms with van der Waals surface area (Å²) in [7, 11) is 0. The molecular formula is C11H17N3. The van der Waals surface area contributed by atoms with Gasteiger partial charge in [-0.2, -0.15) is 0 Å². The predicted molar refractivity (Wildman–Crippen MR) is 56.0 cm³/mol. The van der Waals surface area contributed by atoms with Gasteiger partial charge in [-0.05, 0) is 24.8 Å². The Kier molecular flexibility index (Phi) is 2.50. The Hall–Kier alpha value is -0.960. The van der Waals surface area contributed by atoms with Crippen LogP contribution in [0.2, 0.25) is 0 Å². The van der Waals surface area contributed by atoms with E-state index in [4.69, 9.17) is 5.73 Å². The highest BCUT2D eigenvalue weighted by molar-refractivity contribution is 5.20. The lowest BCUT2D eigenvalue weighted by Gasteiger charge is -2.08. The molecule has 0 atom stereocenters. The summed E-state index contributed by atoms with van der Waals surface area (Å²) in [5, 5.41) is 0. The van der Waals surface area contributed by atoms with E-state index in [1.165, 1.54) is 18.5 Å². The molecule has 0 saturated heterocycles. The Bertz CT molecular complexity index is 309. The van der Waals surface area contributed by atoms with Crippen molar-refractivity contribution in [3.63, 3.8) is 0 Å². The third-order valence-electron chi connectivity index (χ3n) is 2.58. The molecule has 1 heterocycles. The molecule has 1 aliphatic rings. The lowest BCUT2D eigenvalue weighted by Crippen LogP contribution is -2.08. The van der Waals surface area contributed by atoms with Gasteiger partial charge < -0.3 is 5.73 Å². The van der Waals surface area contributed by atoms with Crippen molar-refractivity contribution in [2.75, 3.05) is 0 Å². The Morgan fingerprint density at radius 2 is 2.14 bits per heavy atom. The molecule has 0 amide bonds. The fourth-order valence-corrected chi connectivity index (χ4v) is 1.51. The van der Waals surface area contributed by atoms with Crippen molar-refractivity contribution >= 4 is 0 Å². The van der Waals surface area contributed by atoms with E-state index in [0.29, 0.717) is 18.4 Å². The third kappa shape index (κ3) is 1.93. The molecule has 1 aromatic rings. The normalized spacial score (nSPS) is 16.3.